The summed E-state index contributed by atoms with van der Waals surface area (Å²) in [4.78, 5) is 37.3. The minimum atomic E-state index is -0.557. The summed E-state index contributed by atoms with van der Waals surface area (Å²) in [5.41, 5.74) is 7.61. The lowest BCUT2D eigenvalue weighted by Crippen LogP contribution is -2.46. The Morgan fingerprint density at radius 1 is 1.11 bits per heavy atom. The van der Waals surface area contributed by atoms with Crippen molar-refractivity contribution in [2.45, 2.75) is 50.6 Å². The van der Waals surface area contributed by atoms with E-state index in [2.05, 4.69) is 22.0 Å². The summed E-state index contributed by atoms with van der Waals surface area (Å²) in [6.07, 6.45) is 9.67. The SMILES string of the molecule is CN(C(=O)COCCn1ccc2ccc(C(N)=O)nc21)C1CCN(c2ccc(C3CCC3)cn2)CC1. The number of hydrogen-bond acceptors (Lipinski definition) is 6. The van der Waals surface area contributed by atoms with Gasteiger partial charge in [0.25, 0.3) is 5.91 Å². The van der Waals surface area contributed by atoms with Crippen LogP contribution in [-0.2, 0) is 16.1 Å². The summed E-state index contributed by atoms with van der Waals surface area (Å²) in [5.74, 6) is 1.17. The second kappa shape index (κ2) is 10.7. The Labute approximate surface area is 211 Å². The fraction of sp³-hybridized carbons (Fsp3) is 0.481. The van der Waals surface area contributed by atoms with Crippen LogP contribution in [0.3, 0.4) is 0 Å². The van der Waals surface area contributed by atoms with Crippen LogP contribution in [0.1, 0.15) is 54.1 Å². The van der Waals surface area contributed by atoms with Crippen molar-refractivity contribution in [3.63, 3.8) is 0 Å². The Kier molecular flexibility index (Phi) is 7.18. The van der Waals surface area contributed by atoms with Gasteiger partial charge in [0.2, 0.25) is 5.91 Å². The number of pyridine rings is 2. The van der Waals surface area contributed by atoms with Gasteiger partial charge >= 0.3 is 0 Å². The van der Waals surface area contributed by atoms with E-state index < -0.39 is 5.91 Å². The molecular formula is C27H34N6O3. The number of piperidine rings is 1. The maximum absolute atomic E-state index is 12.7. The number of anilines is 1. The molecule has 0 aromatic carbocycles. The van der Waals surface area contributed by atoms with Crippen molar-refractivity contribution < 1.29 is 14.3 Å². The molecule has 0 spiro atoms. The quantitative estimate of drug-likeness (QED) is 0.462. The van der Waals surface area contributed by atoms with E-state index in [0.29, 0.717) is 24.7 Å². The highest BCUT2D eigenvalue weighted by molar-refractivity contribution is 5.93. The Balaban J connectivity index is 1.06. The molecule has 190 valence electrons. The van der Waals surface area contributed by atoms with E-state index in [0.717, 1.165) is 37.1 Å². The van der Waals surface area contributed by atoms with Crippen LogP contribution in [0.15, 0.2) is 42.7 Å². The minimum Gasteiger partial charge on any atom is -0.370 e. The average molecular weight is 491 g/mol. The van der Waals surface area contributed by atoms with Crippen molar-refractivity contribution in [1.82, 2.24) is 19.4 Å². The number of carbonyl (C=O) groups is 2. The molecule has 9 heteroatoms. The largest absolute Gasteiger partial charge is 0.370 e. The molecule has 2 fully saturated rings. The van der Waals surface area contributed by atoms with Crippen LogP contribution < -0.4 is 10.6 Å². The molecule has 1 aliphatic carbocycles. The van der Waals surface area contributed by atoms with Crippen LogP contribution in [0.5, 0.6) is 0 Å². The second-order valence-corrected chi connectivity index (χ2v) is 9.84. The Morgan fingerprint density at radius 2 is 1.92 bits per heavy atom. The first-order valence-electron chi connectivity index (χ1n) is 12.8. The summed E-state index contributed by atoms with van der Waals surface area (Å²) >= 11 is 0. The number of ether oxygens (including phenoxy) is 1. The van der Waals surface area contributed by atoms with E-state index in [4.69, 9.17) is 15.5 Å². The fourth-order valence-corrected chi connectivity index (χ4v) is 5.06. The number of amides is 2. The number of fused-ring (bicyclic) bond motifs is 1. The van der Waals surface area contributed by atoms with Crippen LogP contribution in [0.2, 0.25) is 0 Å². The van der Waals surface area contributed by atoms with E-state index in [-0.39, 0.29) is 24.2 Å². The van der Waals surface area contributed by atoms with Gasteiger partial charge in [-0.05, 0) is 61.4 Å². The molecule has 2 amide bonds. The van der Waals surface area contributed by atoms with Crippen molar-refractivity contribution in [2.75, 3.05) is 38.3 Å². The zero-order chi connectivity index (χ0) is 25.1. The van der Waals surface area contributed by atoms with Gasteiger partial charge in [0.05, 0.1) is 6.61 Å². The van der Waals surface area contributed by atoms with E-state index in [9.17, 15) is 9.59 Å². The number of nitrogens with zero attached hydrogens (tertiary/aromatic N) is 5. The van der Waals surface area contributed by atoms with Crippen molar-refractivity contribution in [1.29, 1.82) is 0 Å². The van der Waals surface area contributed by atoms with E-state index >= 15 is 0 Å². The number of primary amides is 1. The van der Waals surface area contributed by atoms with Gasteiger partial charge < -0.3 is 24.8 Å². The van der Waals surface area contributed by atoms with Crippen molar-refractivity contribution in [3.05, 3.63) is 54.0 Å². The van der Waals surface area contributed by atoms with Gasteiger partial charge in [0.1, 0.15) is 23.8 Å². The molecule has 1 aliphatic heterocycles. The van der Waals surface area contributed by atoms with Gasteiger partial charge in [0.15, 0.2) is 0 Å². The highest BCUT2D eigenvalue weighted by Crippen LogP contribution is 2.36. The topological polar surface area (TPSA) is 107 Å². The molecule has 36 heavy (non-hydrogen) atoms. The van der Waals surface area contributed by atoms with Crippen LogP contribution in [0.25, 0.3) is 11.0 Å². The summed E-state index contributed by atoms with van der Waals surface area (Å²) < 4.78 is 7.59. The normalized spacial score (nSPS) is 16.8. The third-order valence-electron chi connectivity index (χ3n) is 7.64. The molecule has 1 saturated carbocycles. The van der Waals surface area contributed by atoms with Gasteiger partial charge in [0, 0.05) is 50.5 Å². The summed E-state index contributed by atoms with van der Waals surface area (Å²) in [6, 6.07) is 9.95. The van der Waals surface area contributed by atoms with Crippen LogP contribution in [0.4, 0.5) is 5.82 Å². The standard InChI is InChI=1S/C27H34N6O3/c1-31(22-10-13-32(14-11-22)24-8-6-21(17-29-24)19-3-2-4-19)25(34)18-36-16-15-33-12-9-20-5-7-23(26(28)35)30-27(20)33/h5-9,12,17,19,22H,2-4,10-11,13-16,18H2,1H3,(H2,28,35). The molecule has 0 unspecified atom stereocenters. The Hall–Kier alpha value is -3.46. The summed E-state index contributed by atoms with van der Waals surface area (Å²) in [5, 5.41) is 0.923. The first-order valence-corrected chi connectivity index (χ1v) is 12.8. The van der Waals surface area contributed by atoms with Gasteiger partial charge in [-0.25, -0.2) is 9.97 Å². The molecule has 5 rings (SSSR count). The lowest BCUT2D eigenvalue weighted by atomic mass is 9.81. The molecule has 9 nitrogen and oxygen atoms in total. The zero-order valence-corrected chi connectivity index (χ0v) is 20.8. The van der Waals surface area contributed by atoms with Gasteiger partial charge in [-0.3, -0.25) is 9.59 Å². The van der Waals surface area contributed by atoms with E-state index in [1.807, 2.05) is 41.0 Å². The second-order valence-electron chi connectivity index (χ2n) is 9.84. The lowest BCUT2D eigenvalue weighted by Gasteiger charge is -2.37. The number of rotatable bonds is 9. The zero-order valence-electron chi connectivity index (χ0n) is 20.8. The number of aromatic nitrogens is 3. The van der Waals surface area contributed by atoms with E-state index in [1.54, 1.807) is 6.07 Å². The van der Waals surface area contributed by atoms with Crippen LogP contribution in [0, 0.1) is 0 Å². The smallest absolute Gasteiger partial charge is 0.267 e. The molecule has 2 N–H and O–H groups in total. The van der Waals surface area contributed by atoms with E-state index in [1.165, 1.54) is 24.8 Å². The molecule has 2 aliphatic rings. The monoisotopic (exact) mass is 490 g/mol. The van der Waals surface area contributed by atoms with Crippen LogP contribution in [-0.4, -0.2) is 70.6 Å². The van der Waals surface area contributed by atoms with Crippen molar-refractivity contribution >= 4 is 28.7 Å². The van der Waals surface area contributed by atoms with Crippen molar-refractivity contribution in [3.8, 4) is 0 Å². The summed E-state index contributed by atoms with van der Waals surface area (Å²) in [6.45, 7) is 2.72. The number of hydrogen-bond donors (Lipinski definition) is 1. The third-order valence-corrected chi connectivity index (χ3v) is 7.64. The number of carbonyl (C=O) groups excluding carboxylic acids is 2. The minimum absolute atomic E-state index is 0.0112. The first kappa shape index (κ1) is 24.2. The molecule has 0 atom stereocenters. The van der Waals surface area contributed by atoms with Gasteiger partial charge in [-0.1, -0.05) is 12.5 Å². The highest BCUT2D eigenvalue weighted by atomic mass is 16.5. The molecule has 1 saturated heterocycles. The molecule has 3 aromatic rings. The molecule has 0 radical (unpaired) electrons. The van der Waals surface area contributed by atoms with Gasteiger partial charge in [-0.15, -0.1) is 0 Å². The maximum Gasteiger partial charge on any atom is 0.267 e. The molecule has 3 aromatic heterocycles. The lowest BCUT2D eigenvalue weighted by molar-refractivity contribution is -0.137. The Morgan fingerprint density at radius 3 is 2.58 bits per heavy atom. The predicted octanol–water partition coefficient (Wildman–Crippen LogP) is 2.94. The molecular weight excluding hydrogens is 456 g/mol. The van der Waals surface area contributed by atoms with Crippen LogP contribution >= 0.6 is 0 Å². The predicted molar refractivity (Wildman–Crippen MR) is 138 cm³/mol. The molecule has 4 heterocycles. The third kappa shape index (κ3) is 5.21. The first-order chi connectivity index (χ1) is 17.5. The van der Waals surface area contributed by atoms with Crippen molar-refractivity contribution in [2.24, 2.45) is 5.73 Å². The van der Waals surface area contributed by atoms with Gasteiger partial charge in [-0.2, -0.15) is 0 Å². The fourth-order valence-electron chi connectivity index (χ4n) is 5.06. The molecule has 0 bridgehead atoms. The summed E-state index contributed by atoms with van der Waals surface area (Å²) in [7, 11) is 1.87. The number of likely N-dealkylation sites (N-methyl/N-ethyl adjacent to an activating group) is 1. The maximum atomic E-state index is 12.7. The Bertz CT molecular complexity index is 1210. The average Bonchev–Trinajstić information content (AvgIpc) is 3.28. The highest BCUT2D eigenvalue weighted by Gasteiger charge is 2.26. The number of nitrogens with two attached hydrogens (primary N) is 1.